The van der Waals surface area contributed by atoms with Gasteiger partial charge in [-0.2, -0.15) is 0 Å². The van der Waals surface area contributed by atoms with E-state index in [1.54, 1.807) is 0 Å². The van der Waals surface area contributed by atoms with Gasteiger partial charge in [0.15, 0.2) is 0 Å². The van der Waals surface area contributed by atoms with Gasteiger partial charge in [-0.3, -0.25) is 14.3 Å². The Balaban J connectivity index is 2.28. The number of nitrogens with zero attached hydrogens (tertiary/aromatic N) is 1. The van der Waals surface area contributed by atoms with Crippen LogP contribution in [-0.4, -0.2) is 61.0 Å². The largest absolute Gasteiger partial charge is 0.462 e. The second-order valence-corrected chi connectivity index (χ2v) is 19.1. The Kier molecular flexibility index (Phi) is 40.8. The van der Waals surface area contributed by atoms with E-state index >= 15 is 0 Å². The summed E-state index contributed by atoms with van der Waals surface area (Å²) >= 11 is 1.93. The molecule has 1 aliphatic rings. The van der Waals surface area contributed by atoms with Crippen molar-refractivity contribution in [3.05, 3.63) is 0 Å². The molecule has 344 valence electrons. The van der Waals surface area contributed by atoms with Gasteiger partial charge in [0.1, 0.15) is 12.2 Å². The third-order valence-corrected chi connectivity index (χ3v) is 13.3. The summed E-state index contributed by atoms with van der Waals surface area (Å²) in [5, 5.41) is 0. The first-order chi connectivity index (χ1) is 28.5. The molecule has 0 radical (unpaired) electrons. The fourth-order valence-corrected chi connectivity index (χ4v) is 9.04. The molecule has 0 bridgehead atoms. The topological polar surface area (TPSA) is 67.9 Å². The Hall–Kier alpha value is -0.790. The van der Waals surface area contributed by atoms with Gasteiger partial charge in [0.25, 0.3) is 0 Å². The molecule has 0 aromatic carbocycles. The minimum Gasteiger partial charge on any atom is -0.462 e. The van der Waals surface area contributed by atoms with Crippen LogP contribution in [0, 0.1) is 5.92 Å². The van der Waals surface area contributed by atoms with E-state index in [2.05, 4.69) is 37.3 Å². The molecule has 1 rings (SSSR count). The number of hydrogen-bond donors (Lipinski definition) is 1. The van der Waals surface area contributed by atoms with Crippen LogP contribution >= 0.6 is 11.9 Å². The van der Waals surface area contributed by atoms with Crippen LogP contribution in [0.4, 0.5) is 0 Å². The van der Waals surface area contributed by atoms with Gasteiger partial charge in [-0.05, 0) is 115 Å². The van der Waals surface area contributed by atoms with Crippen LogP contribution in [0.2, 0.25) is 0 Å². The number of carbonyl (C=O) groups is 2. The predicted octanol–water partition coefficient (Wildman–Crippen LogP) is 15.5. The zero-order chi connectivity index (χ0) is 42.0. The predicted molar refractivity (Wildman–Crippen MR) is 254 cm³/mol. The van der Waals surface area contributed by atoms with Crippen molar-refractivity contribution in [3.63, 3.8) is 0 Å². The summed E-state index contributed by atoms with van der Waals surface area (Å²) in [6.07, 6.45) is 44.3. The molecule has 0 saturated heterocycles. The molecule has 58 heavy (non-hydrogen) atoms. The SMILES string of the molecule is CCCCCCCCC(CC)OC(=O)CCCCCCCN(CCCCCCCC(=O)OC(CCCCCCCC)CCCCCCCC)CCCNSCC1CC1. The van der Waals surface area contributed by atoms with E-state index in [1.165, 1.54) is 199 Å². The molecule has 1 atom stereocenters. The van der Waals surface area contributed by atoms with Crippen molar-refractivity contribution in [2.75, 3.05) is 31.9 Å². The molecule has 1 fully saturated rings. The lowest BCUT2D eigenvalue weighted by atomic mass is 10.0. The monoisotopic (exact) mass is 837 g/mol. The van der Waals surface area contributed by atoms with Gasteiger partial charge in [-0.1, -0.05) is 174 Å². The molecule has 0 heterocycles. The van der Waals surface area contributed by atoms with Crippen LogP contribution < -0.4 is 4.72 Å². The zero-order valence-electron chi connectivity index (χ0n) is 39.4. The molecule has 1 aliphatic carbocycles. The lowest BCUT2D eigenvalue weighted by molar-refractivity contribution is -0.150. The van der Waals surface area contributed by atoms with Crippen LogP contribution in [-0.2, 0) is 19.1 Å². The summed E-state index contributed by atoms with van der Waals surface area (Å²) in [5.41, 5.74) is 0. The van der Waals surface area contributed by atoms with Crippen molar-refractivity contribution in [2.45, 2.75) is 277 Å². The first-order valence-electron chi connectivity index (χ1n) is 26.0. The Morgan fingerprint density at radius 3 is 1.33 bits per heavy atom. The van der Waals surface area contributed by atoms with Gasteiger partial charge >= 0.3 is 11.9 Å². The Labute approximate surface area is 366 Å². The minimum absolute atomic E-state index is 0.0130. The first-order valence-corrected chi connectivity index (χ1v) is 27.0. The number of unbranched alkanes of at least 4 members (excludes halogenated alkanes) is 23. The maximum atomic E-state index is 12.9. The minimum atomic E-state index is 0.0130. The first kappa shape index (κ1) is 55.2. The van der Waals surface area contributed by atoms with Crippen LogP contribution in [0.5, 0.6) is 0 Å². The molecule has 0 aromatic rings. The van der Waals surface area contributed by atoms with Crippen molar-refractivity contribution >= 4 is 23.9 Å². The van der Waals surface area contributed by atoms with E-state index in [0.717, 1.165) is 63.8 Å². The molecule has 1 unspecified atom stereocenters. The number of esters is 2. The molecule has 7 heteroatoms. The number of ether oxygens (including phenoxy) is 2. The Morgan fingerprint density at radius 1 is 0.500 bits per heavy atom. The highest BCUT2D eigenvalue weighted by Gasteiger charge is 2.20. The number of carbonyl (C=O) groups excluding carboxylic acids is 2. The van der Waals surface area contributed by atoms with E-state index in [1.807, 2.05) is 11.9 Å². The standard InChI is InChI=1S/C51H100N2O4S/c1-5-9-12-15-20-27-35-48(8-4)56-50(54)38-30-23-18-25-32-43-53(45-34-42-52-58-46-47-40-41-47)44-33-26-19-24-31-39-51(55)57-49(36-28-21-16-13-10-6-2)37-29-22-17-14-11-7-3/h47-49,52H,5-46H2,1-4H3. The summed E-state index contributed by atoms with van der Waals surface area (Å²) in [7, 11) is 0. The third-order valence-electron chi connectivity index (χ3n) is 12.3. The molecular formula is C51H100N2O4S. The maximum absolute atomic E-state index is 12.9. The summed E-state index contributed by atoms with van der Waals surface area (Å²) in [6, 6.07) is 0. The molecule has 1 N–H and O–H groups in total. The van der Waals surface area contributed by atoms with Gasteiger partial charge in [-0.25, -0.2) is 0 Å². The number of rotatable bonds is 47. The van der Waals surface area contributed by atoms with Gasteiger partial charge in [0, 0.05) is 25.1 Å². The molecule has 6 nitrogen and oxygen atoms in total. The summed E-state index contributed by atoms with van der Waals surface area (Å²) in [4.78, 5) is 28.0. The zero-order valence-corrected chi connectivity index (χ0v) is 40.2. The van der Waals surface area contributed by atoms with Crippen molar-refractivity contribution in [3.8, 4) is 0 Å². The van der Waals surface area contributed by atoms with E-state index in [4.69, 9.17) is 9.47 Å². The van der Waals surface area contributed by atoms with Crippen molar-refractivity contribution < 1.29 is 19.1 Å². The van der Waals surface area contributed by atoms with Crippen molar-refractivity contribution in [1.82, 2.24) is 9.62 Å². The molecule has 0 aromatic heterocycles. The third kappa shape index (κ3) is 38.2. The van der Waals surface area contributed by atoms with Crippen molar-refractivity contribution in [1.29, 1.82) is 0 Å². The summed E-state index contributed by atoms with van der Waals surface area (Å²) < 4.78 is 15.5. The van der Waals surface area contributed by atoms with E-state index in [9.17, 15) is 9.59 Å². The Bertz CT molecular complexity index is 871. The average Bonchev–Trinajstić information content (AvgIpc) is 4.05. The summed E-state index contributed by atoms with van der Waals surface area (Å²) in [5.74, 6) is 2.30. The second kappa shape index (κ2) is 42.9. The van der Waals surface area contributed by atoms with Gasteiger partial charge in [-0.15, -0.1) is 0 Å². The molecule has 0 spiro atoms. The van der Waals surface area contributed by atoms with Crippen LogP contribution in [0.15, 0.2) is 0 Å². The highest BCUT2D eigenvalue weighted by Crippen LogP contribution is 2.31. The Morgan fingerprint density at radius 2 is 0.879 bits per heavy atom. The highest BCUT2D eigenvalue weighted by atomic mass is 32.2. The summed E-state index contributed by atoms with van der Waals surface area (Å²) in [6.45, 7) is 13.6. The smallest absolute Gasteiger partial charge is 0.306 e. The number of nitrogens with one attached hydrogen (secondary N) is 1. The lowest BCUT2D eigenvalue weighted by Crippen LogP contribution is -2.29. The molecule has 0 amide bonds. The normalized spacial score (nSPS) is 13.5. The molecule has 1 saturated carbocycles. The quantitative estimate of drug-likeness (QED) is 0.0372. The van der Waals surface area contributed by atoms with Crippen LogP contribution in [0.1, 0.15) is 265 Å². The van der Waals surface area contributed by atoms with Crippen LogP contribution in [0.25, 0.3) is 0 Å². The fourth-order valence-electron chi connectivity index (χ4n) is 8.07. The van der Waals surface area contributed by atoms with E-state index in [-0.39, 0.29) is 24.1 Å². The average molecular weight is 837 g/mol. The van der Waals surface area contributed by atoms with Gasteiger partial charge in [0.05, 0.1) is 0 Å². The van der Waals surface area contributed by atoms with Crippen LogP contribution in [0.3, 0.4) is 0 Å². The van der Waals surface area contributed by atoms with E-state index < -0.39 is 0 Å². The highest BCUT2D eigenvalue weighted by molar-refractivity contribution is 7.97. The molecular weight excluding hydrogens is 737 g/mol. The second-order valence-electron chi connectivity index (χ2n) is 18.2. The van der Waals surface area contributed by atoms with Crippen molar-refractivity contribution in [2.24, 2.45) is 5.92 Å². The van der Waals surface area contributed by atoms with E-state index in [0.29, 0.717) is 12.8 Å². The van der Waals surface area contributed by atoms with Gasteiger partial charge in [0.2, 0.25) is 0 Å². The van der Waals surface area contributed by atoms with Gasteiger partial charge < -0.3 is 14.4 Å². The maximum Gasteiger partial charge on any atom is 0.306 e. The molecule has 0 aliphatic heterocycles. The number of hydrogen-bond acceptors (Lipinski definition) is 7. The lowest BCUT2D eigenvalue weighted by Gasteiger charge is -2.22. The fraction of sp³-hybridized carbons (Fsp3) is 0.961.